The van der Waals surface area contributed by atoms with Crippen LogP contribution >= 0.6 is 0 Å². The highest BCUT2D eigenvalue weighted by molar-refractivity contribution is 5.84. The number of rotatable bonds is 6. The van der Waals surface area contributed by atoms with Crippen molar-refractivity contribution in [2.24, 2.45) is 0 Å². The van der Waals surface area contributed by atoms with Gasteiger partial charge in [-0.25, -0.2) is 23.1 Å². The van der Waals surface area contributed by atoms with Gasteiger partial charge < -0.3 is 4.74 Å². The molecule has 0 unspecified atom stereocenters. The summed E-state index contributed by atoms with van der Waals surface area (Å²) in [6.07, 6.45) is 7.72. The molecule has 1 heterocycles. The summed E-state index contributed by atoms with van der Waals surface area (Å²) < 4.78 is 48.0. The molecule has 0 aliphatic rings. The molecule has 0 saturated carbocycles. The molecule has 170 valence electrons. The lowest BCUT2D eigenvalue weighted by Gasteiger charge is -2.06. The van der Waals surface area contributed by atoms with E-state index in [1.54, 1.807) is 36.7 Å². The van der Waals surface area contributed by atoms with Crippen LogP contribution in [0.5, 0.6) is 5.75 Å². The highest BCUT2D eigenvalue weighted by atomic mass is 19.1. The molecular weight excluding hydrogens is 437 g/mol. The molecule has 0 fully saturated rings. The summed E-state index contributed by atoms with van der Waals surface area (Å²) in [6, 6.07) is 12.1. The molecule has 0 saturated heterocycles. The van der Waals surface area contributed by atoms with Crippen molar-refractivity contribution < 1.29 is 17.9 Å². The Hall–Kier alpha value is -4.11. The lowest BCUT2D eigenvalue weighted by molar-refractivity contribution is 0.359. The van der Waals surface area contributed by atoms with Crippen molar-refractivity contribution in [3.8, 4) is 17.6 Å². The van der Waals surface area contributed by atoms with Crippen LogP contribution in [0.25, 0.3) is 10.8 Å². The van der Waals surface area contributed by atoms with Crippen LogP contribution in [-0.2, 0) is 12.8 Å². The number of ether oxygens (including phenoxy) is 1. The molecule has 0 amide bonds. The predicted molar refractivity (Wildman–Crippen MR) is 126 cm³/mol. The Kier molecular flexibility index (Phi) is 7.24. The van der Waals surface area contributed by atoms with Crippen molar-refractivity contribution in [1.29, 1.82) is 0 Å². The van der Waals surface area contributed by atoms with Crippen LogP contribution in [-0.4, -0.2) is 16.6 Å². The Morgan fingerprint density at radius 3 is 2.29 bits per heavy atom. The third kappa shape index (κ3) is 5.81. The zero-order chi connectivity index (χ0) is 23.9. The fourth-order valence-corrected chi connectivity index (χ4v) is 3.36. The fourth-order valence-electron chi connectivity index (χ4n) is 3.36. The molecule has 4 rings (SSSR count). The van der Waals surface area contributed by atoms with Crippen LogP contribution in [0, 0.1) is 29.3 Å². The van der Waals surface area contributed by atoms with Crippen LogP contribution in [0.2, 0.25) is 0 Å². The van der Waals surface area contributed by atoms with Crippen molar-refractivity contribution in [2.45, 2.75) is 19.8 Å². The number of aryl methyl sites for hydroxylation is 2. The van der Waals surface area contributed by atoms with Crippen LogP contribution in [0.4, 0.5) is 13.2 Å². The lowest BCUT2D eigenvalue weighted by atomic mass is 10.0. The van der Waals surface area contributed by atoms with E-state index in [2.05, 4.69) is 21.8 Å². The zero-order valence-corrected chi connectivity index (χ0v) is 18.5. The van der Waals surface area contributed by atoms with Gasteiger partial charge in [-0.1, -0.05) is 36.1 Å². The van der Waals surface area contributed by atoms with Gasteiger partial charge >= 0.3 is 0 Å². The molecule has 0 aliphatic heterocycles. The molecule has 3 nitrogen and oxygen atoms in total. The van der Waals surface area contributed by atoms with Crippen molar-refractivity contribution in [3.05, 3.63) is 113 Å². The molecule has 3 aromatic carbocycles. The van der Waals surface area contributed by atoms with Crippen molar-refractivity contribution in [1.82, 2.24) is 9.97 Å². The van der Waals surface area contributed by atoms with E-state index in [-0.39, 0.29) is 11.4 Å². The average Bonchev–Trinajstić information content (AvgIpc) is 2.83. The number of fused-ring (bicyclic) bond motifs is 1. The molecule has 6 heteroatoms. The quantitative estimate of drug-likeness (QED) is 0.255. The summed E-state index contributed by atoms with van der Waals surface area (Å²) in [6.45, 7) is 2.34. The summed E-state index contributed by atoms with van der Waals surface area (Å²) in [7, 11) is 0. The van der Waals surface area contributed by atoms with Crippen LogP contribution < -0.4 is 4.74 Å². The predicted octanol–water partition coefficient (Wildman–Crippen LogP) is 6.19. The molecule has 34 heavy (non-hydrogen) atoms. The molecule has 0 aliphatic carbocycles. The second kappa shape index (κ2) is 10.7. The third-order valence-corrected chi connectivity index (χ3v) is 5.14. The third-order valence-electron chi connectivity index (χ3n) is 5.14. The van der Waals surface area contributed by atoms with Gasteiger partial charge in [-0.2, -0.15) is 0 Å². The number of benzene rings is 3. The van der Waals surface area contributed by atoms with Crippen molar-refractivity contribution >= 4 is 10.8 Å². The van der Waals surface area contributed by atoms with Crippen LogP contribution in [0.15, 0.2) is 73.1 Å². The Morgan fingerprint density at radius 1 is 0.853 bits per heavy atom. The Morgan fingerprint density at radius 2 is 1.56 bits per heavy atom. The molecule has 0 spiro atoms. The van der Waals surface area contributed by atoms with E-state index in [1.165, 1.54) is 24.3 Å². The molecular formula is C28H21F3N2O. The fraction of sp³-hybridized carbons (Fsp3) is 0.143. The maximum absolute atomic E-state index is 14.6. The number of nitrogens with zero attached hydrogens (tertiary/aromatic N) is 2. The van der Waals surface area contributed by atoms with Gasteiger partial charge in [0, 0.05) is 12.0 Å². The first-order valence-corrected chi connectivity index (χ1v) is 10.8. The molecule has 4 aromatic rings. The maximum atomic E-state index is 14.6. The highest BCUT2D eigenvalue weighted by Crippen LogP contribution is 2.19. The van der Waals surface area contributed by atoms with E-state index in [1.807, 2.05) is 19.1 Å². The maximum Gasteiger partial charge on any atom is 0.156 e. The largest absolute Gasteiger partial charge is 0.486 e. The van der Waals surface area contributed by atoms with E-state index < -0.39 is 11.6 Å². The minimum absolute atomic E-state index is 0.290. The summed E-state index contributed by atoms with van der Waals surface area (Å²) in [4.78, 5) is 8.47. The van der Waals surface area contributed by atoms with Crippen molar-refractivity contribution in [2.75, 3.05) is 6.61 Å². The Balaban J connectivity index is 1.44. The van der Waals surface area contributed by atoms with Crippen molar-refractivity contribution in [3.63, 3.8) is 0 Å². The van der Waals surface area contributed by atoms with Gasteiger partial charge in [0.15, 0.2) is 5.75 Å². The van der Waals surface area contributed by atoms with Gasteiger partial charge in [-0.05, 0) is 66.1 Å². The summed E-state index contributed by atoms with van der Waals surface area (Å²) >= 11 is 0. The average molecular weight is 458 g/mol. The van der Waals surface area contributed by atoms with E-state index >= 15 is 0 Å². The smallest absolute Gasteiger partial charge is 0.156 e. The molecule has 0 radical (unpaired) electrons. The van der Waals surface area contributed by atoms with Gasteiger partial charge in [0.25, 0.3) is 0 Å². The van der Waals surface area contributed by atoms with E-state index in [0.717, 1.165) is 10.8 Å². The first kappa shape index (κ1) is 23.1. The van der Waals surface area contributed by atoms with Gasteiger partial charge in [0.2, 0.25) is 0 Å². The summed E-state index contributed by atoms with van der Waals surface area (Å²) in [5.74, 6) is 4.71. The number of hydrogen-bond acceptors (Lipinski definition) is 3. The van der Waals surface area contributed by atoms with Crippen LogP contribution in [0.1, 0.15) is 29.4 Å². The first-order chi connectivity index (χ1) is 16.5. The molecule has 0 atom stereocenters. The highest BCUT2D eigenvalue weighted by Gasteiger charge is 2.10. The van der Waals surface area contributed by atoms with E-state index in [4.69, 9.17) is 4.74 Å². The van der Waals surface area contributed by atoms with E-state index in [9.17, 15) is 13.2 Å². The number of aromatic nitrogens is 2. The van der Waals surface area contributed by atoms with Gasteiger partial charge in [-0.15, -0.1) is 0 Å². The van der Waals surface area contributed by atoms with Crippen LogP contribution in [0.3, 0.4) is 0 Å². The number of hydrogen-bond donors (Lipinski definition) is 0. The summed E-state index contributed by atoms with van der Waals surface area (Å²) in [5.41, 5.74) is 0.782. The van der Waals surface area contributed by atoms with Gasteiger partial charge in [-0.3, -0.25) is 0 Å². The molecule has 0 bridgehead atoms. The number of allylic oxidation sites excluding steroid dienone is 1. The van der Waals surface area contributed by atoms with Gasteiger partial charge in [0.05, 0.1) is 18.0 Å². The summed E-state index contributed by atoms with van der Waals surface area (Å²) in [5, 5.41) is 1.52. The normalized spacial score (nSPS) is 10.9. The first-order valence-electron chi connectivity index (χ1n) is 10.8. The second-order valence-electron chi connectivity index (χ2n) is 7.61. The zero-order valence-electron chi connectivity index (χ0n) is 18.5. The minimum atomic E-state index is -0.723. The topological polar surface area (TPSA) is 35.0 Å². The van der Waals surface area contributed by atoms with Gasteiger partial charge in [0.1, 0.15) is 29.9 Å². The Labute approximate surface area is 196 Å². The Bertz CT molecular complexity index is 1380. The minimum Gasteiger partial charge on any atom is -0.486 e. The SMILES string of the molecule is C/C=C/COc1cnc(CCc2cc(F)c(C#Cc3ccc4cc(F)ccc4c3)c(F)c2)nc1. The second-order valence-corrected chi connectivity index (χ2v) is 7.61. The molecule has 0 N–H and O–H groups in total. The standard InChI is InChI=1S/C28H21F3N2O/c1-2-3-12-34-24-17-32-28(33-18-24)11-6-20-14-26(30)25(27(31)15-20)10-5-19-4-7-22-16-23(29)9-8-21(22)13-19/h2-4,7-9,13-18H,6,11-12H2,1H3/b3-2+. The van der Waals surface area contributed by atoms with E-state index in [0.29, 0.717) is 42.1 Å². The number of halogens is 3. The molecule has 1 aromatic heterocycles. The monoisotopic (exact) mass is 458 g/mol. The lowest BCUT2D eigenvalue weighted by Crippen LogP contribution is -2.01.